The quantitative estimate of drug-likeness (QED) is 0.867. The highest BCUT2D eigenvalue weighted by atomic mass is 35.5. The fourth-order valence-corrected chi connectivity index (χ4v) is 3.47. The Hall–Kier alpha value is -2.04. The van der Waals surface area contributed by atoms with Crippen LogP contribution in [0.5, 0.6) is 5.75 Å². The molecule has 140 valence electrons. The maximum atomic E-state index is 12.6. The molecule has 0 saturated carbocycles. The van der Waals surface area contributed by atoms with Gasteiger partial charge in [0.25, 0.3) is 5.91 Å². The SMILES string of the molecule is CC1CCN(C(=O)COc2ccccc2-c2ccccc2)C(CN)C1.Cl. The van der Waals surface area contributed by atoms with Crippen LogP contribution < -0.4 is 10.5 Å². The van der Waals surface area contributed by atoms with Crippen molar-refractivity contribution < 1.29 is 9.53 Å². The van der Waals surface area contributed by atoms with E-state index in [-0.39, 0.29) is 31.0 Å². The number of benzene rings is 2. The molecule has 2 aromatic rings. The molecule has 1 heterocycles. The normalized spacial score (nSPS) is 19.5. The molecule has 0 aromatic heterocycles. The van der Waals surface area contributed by atoms with Gasteiger partial charge in [0.05, 0.1) is 0 Å². The molecule has 1 fully saturated rings. The Labute approximate surface area is 161 Å². The lowest BCUT2D eigenvalue weighted by Crippen LogP contribution is -2.50. The van der Waals surface area contributed by atoms with E-state index in [0.29, 0.717) is 12.5 Å². The third-order valence-corrected chi connectivity index (χ3v) is 4.89. The van der Waals surface area contributed by atoms with Crippen LogP contribution in [-0.4, -0.2) is 36.5 Å². The standard InChI is InChI=1S/C21H26N2O2.ClH/c1-16-11-12-23(18(13-16)14-22)21(24)15-25-20-10-6-5-9-19(20)17-7-3-2-4-8-17;/h2-10,16,18H,11-15,22H2,1H3;1H. The van der Waals surface area contributed by atoms with E-state index in [1.807, 2.05) is 59.5 Å². The van der Waals surface area contributed by atoms with E-state index >= 15 is 0 Å². The Bertz CT molecular complexity index is 708. The minimum Gasteiger partial charge on any atom is -0.483 e. The highest BCUT2D eigenvalue weighted by molar-refractivity contribution is 5.85. The Morgan fingerprint density at radius 3 is 2.58 bits per heavy atom. The lowest BCUT2D eigenvalue weighted by molar-refractivity contribution is -0.137. The van der Waals surface area contributed by atoms with E-state index in [1.54, 1.807) is 0 Å². The minimum absolute atomic E-state index is 0. The van der Waals surface area contributed by atoms with Crippen LogP contribution in [0.2, 0.25) is 0 Å². The lowest BCUT2D eigenvalue weighted by atomic mass is 9.92. The molecule has 0 spiro atoms. The van der Waals surface area contributed by atoms with Crippen molar-refractivity contribution >= 4 is 18.3 Å². The molecule has 2 unspecified atom stereocenters. The first-order valence-corrected chi connectivity index (χ1v) is 8.96. The van der Waals surface area contributed by atoms with Gasteiger partial charge in [-0.3, -0.25) is 4.79 Å². The summed E-state index contributed by atoms with van der Waals surface area (Å²) in [6.07, 6.45) is 2.01. The molecule has 2 aromatic carbocycles. The lowest BCUT2D eigenvalue weighted by Gasteiger charge is -2.37. The number of hydrogen-bond acceptors (Lipinski definition) is 3. The molecule has 5 heteroatoms. The number of para-hydroxylation sites is 1. The first-order valence-electron chi connectivity index (χ1n) is 8.96. The first-order chi connectivity index (χ1) is 12.2. The molecule has 1 aliphatic heterocycles. The van der Waals surface area contributed by atoms with Gasteiger partial charge in [0.1, 0.15) is 5.75 Å². The number of ether oxygens (including phenoxy) is 1. The molecule has 2 atom stereocenters. The maximum absolute atomic E-state index is 12.6. The summed E-state index contributed by atoms with van der Waals surface area (Å²) in [4.78, 5) is 14.5. The minimum atomic E-state index is 0. The smallest absolute Gasteiger partial charge is 0.260 e. The van der Waals surface area contributed by atoms with Gasteiger partial charge in [-0.15, -0.1) is 12.4 Å². The number of nitrogens with zero attached hydrogens (tertiary/aromatic N) is 1. The van der Waals surface area contributed by atoms with Gasteiger partial charge in [-0.2, -0.15) is 0 Å². The van der Waals surface area contributed by atoms with E-state index in [2.05, 4.69) is 6.92 Å². The largest absolute Gasteiger partial charge is 0.483 e. The third-order valence-electron chi connectivity index (χ3n) is 4.89. The van der Waals surface area contributed by atoms with Gasteiger partial charge in [0.15, 0.2) is 6.61 Å². The zero-order valence-corrected chi connectivity index (χ0v) is 16.0. The summed E-state index contributed by atoms with van der Waals surface area (Å²) in [6, 6.07) is 18.0. The Kier molecular flexibility index (Phi) is 7.49. The maximum Gasteiger partial charge on any atom is 0.260 e. The number of rotatable bonds is 5. The second kappa shape index (κ2) is 9.60. The van der Waals surface area contributed by atoms with Crippen molar-refractivity contribution in [1.29, 1.82) is 0 Å². The van der Waals surface area contributed by atoms with Crippen molar-refractivity contribution in [1.82, 2.24) is 4.90 Å². The van der Waals surface area contributed by atoms with E-state index < -0.39 is 0 Å². The number of amides is 1. The number of carbonyl (C=O) groups is 1. The van der Waals surface area contributed by atoms with Crippen LogP contribution in [0.3, 0.4) is 0 Å². The molecule has 26 heavy (non-hydrogen) atoms. The summed E-state index contributed by atoms with van der Waals surface area (Å²) in [5.74, 6) is 1.37. The van der Waals surface area contributed by atoms with Gasteiger partial charge in [-0.25, -0.2) is 0 Å². The van der Waals surface area contributed by atoms with Gasteiger partial charge in [0.2, 0.25) is 0 Å². The third kappa shape index (κ3) is 4.77. The summed E-state index contributed by atoms with van der Waals surface area (Å²) < 4.78 is 5.89. The van der Waals surface area contributed by atoms with Crippen molar-refractivity contribution in [3.05, 3.63) is 54.6 Å². The van der Waals surface area contributed by atoms with Crippen molar-refractivity contribution in [3.8, 4) is 16.9 Å². The fourth-order valence-electron chi connectivity index (χ4n) is 3.47. The van der Waals surface area contributed by atoms with Gasteiger partial charge in [-0.1, -0.05) is 55.5 Å². The summed E-state index contributed by atoms with van der Waals surface area (Å²) in [7, 11) is 0. The second-order valence-electron chi connectivity index (χ2n) is 6.76. The predicted molar refractivity (Wildman–Crippen MR) is 108 cm³/mol. The molecule has 0 radical (unpaired) electrons. The van der Waals surface area contributed by atoms with Crippen LogP contribution >= 0.6 is 12.4 Å². The van der Waals surface area contributed by atoms with Crippen LogP contribution in [0, 0.1) is 5.92 Å². The average Bonchev–Trinajstić information content (AvgIpc) is 2.67. The molecule has 1 amide bonds. The zero-order valence-electron chi connectivity index (χ0n) is 15.1. The molecule has 1 saturated heterocycles. The number of hydrogen-bond donors (Lipinski definition) is 1. The Balaban J connectivity index is 0.00000243. The fraction of sp³-hybridized carbons (Fsp3) is 0.381. The molecule has 3 rings (SSSR count). The highest BCUT2D eigenvalue weighted by Gasteiger charge is 2.29. The average molecular weight is 375 g/mol. The van der Waals surface area contributed by atoms with Gasteiger partial charge in [0, 0.05) is 24.7 Å². The molecule has 2 N–H and O–H groups in total. The van der Waals surface area contributed by atoms with Crippen molar-refractivity contribution in [2.45, 2.75) is 25.8 Å². The van der Waals surface area contributed by atoms with Gasteiger partial charge < -0.3 is 15.4 Å². The molecule has 4 nitrogen and oxygen atoms in total. The summed E-state index contributed by atoms with van der Waals surface area (Å²) in [5.41, 5.74) is 7.95. The summed E-state index contributed by atoms with van der Waals surface area (Å²) in [5, 5.41) is 0. The summed E-state index contributed by atoms with van der Waals surface area (Å²) in [6.45, 7) is 3.55. The van der Waals surface area contributed by atoms with Gasteiger partial charge in [-0.05, 0) is 30.4 Å². The molecular formula is C21H27ClN2O2. The number of piperidine rings is 1. The topological polar surface area (TPSA) is 55.6 Å². The van der Waals surface area contributed by atoms with E-state index in [4.69, 9.17) is 10.5 Å². The summed E-state index contributed by atoms with van der Waals surface area (Å²) >= 11 is 0. The van der Waals surface area contributed by atoms with Crippen molar-refractivity contribution in [2.24, 2.45) is 11.7 Å². The Morgan fingerprint density at radius 2 is 1.85 bits per heavy atom. The van der Waals surface area contributed by atoms with Crippen molar-refractivity contribution in [2.75, 3.05) is 19.7 Å². The number of nitrogens with two attached hydrogens (primary N) is 1. The zero-order chi connectivity index (χ0) is 17.6. The van der Waals surface area contributed by atoms with Gasteiger partial charge >= 0.3 is 0 Å². The second-order valence-corrected chi connectivity index (χ2v) is 6.76. The number of likely N-dealkylation sites (tertiary alicyclic amines) is 1. The van der Waals surface area contributed by atoms with E-state index in [1.165, 1.54) is 0 Å². The van der Waals surface area contributed by atoms with Crippen LogP contribution in [0.25, 0.3) is 11.1 Å². The van der Waals surface area contributed by atoms with E-state index in [0.717, 1.165) is 36.3 Å². The number of carbonyl (C=O) groups excluding carboxylic acids is 1. The van der Waals surface area contributed by atoms with E-state index in [9.17, 15) is 4.79 Å². The van der Waals surface area contributed by atoms with Crippen LogP contribution in [-0.2, 0) is 4.79 Å². The first kappa shape index (κ1) is 20.3. The molecule has 0 bridgehead atoms. The Morgan fingerprint density at radius 1 is 1.15 bits per heavy atom. The number of halogens is 1. The van der Waals surface area contributed by atoms with Crippen LogP contribution in [0.15, 0.2) is 54.6 Å². The highest BCUT2D eigenvalue weighted by Crippen LogP contribution is 2.29. The molecule has 0 aliphatic carbocycles. The van der Waals surface area contributed by atoms with Crippen LogP contribution in [0.4, 0.5) is 0 Å². The molecular weight excluding hydrogens is 348 g/mol. The predicted octanol–water partition coefficient (Wildman–Crippen LogP) is 3.74. The monoisotopic (exact) mass is 374 g/mol. The van der Waals surface area contributed by atoms with Crippen molar-refractivity contribution in [3.63, 3.8) is 0 Å². The molecule has 1 aliphatic rings. The van der Waals surface area contributed by atoms with Crippen LogP contribution in [0.1, 0.15) is 19.8 Å².